The zero-order valence-electron chi connectivity index (χ0n) is 18.1. The van der Waals surface area contributed by atoms with Crippen LogP contribution in [0.5, 0.6) is 0 Å². The van der Waals surface area contributed by atoms with Gasteiger partial charge in [0.05, 0.1) is 11.9 Å². The van der Waals surface area contributed by atoms with Gasteiger partial charge in [-0.15, -0.1) is 0 Å². The van der Waals surface area contributed by atoms with Gasteiger partial charge in [0.15, 0.2) is 0 Å². The van der Waals surface area contributed by atoms with Crippen molar-refractivity contribution in [3.63, 3.8) is 0 Å². The molecular weight excluding hydrogens is 438 g/mol. The Kier molecular flexibility index (Phi) is 8.47. The first-order chi connectivity index (χ1) is 14.5. The number of carbonyl (C=O) groups excluding carboxylic acids is 2. The average molecular weight is 466 g/mol. The van der Waals surface area contributed by atoms with Crippen molar-refractivity contribution in [1.82, 2.24) is 10.2 Å². The second-order valence-corrected chi connectivity index (χ2v) is 9.62. The van der Waals surface area contributed by atoms with E-state index in [2.05, 4.69) is 5.32 Å². The molecule has 2 aromatic rings. The molecule has 0 saturated carbocycles. The fourth-order valence-electron chi connectivity index (χ4n) is 3.13. The summed E-state index contributed by atoms with van der Waals surface area (Å²) >= 11 is 5.95. The molecule has 7 nitrogen and oxygen atoms in total. The molecule has 0 aliphatic rings. The maximum absolute atomic E-state index is 13.3. The Balaban J connectivity index is 2.38. The van der Waals surface area contributed by atoms with Crippen molar-refractivity contribution in [2.24, 2.45) is 0 Å². The van der Waals surface area contributed by atoms with E-state index >= 15 is 0 Å². The number of hydrogen-bond donors (Lipinski definition) is 1. The number of rotatable bonds is 9. The summed E-state index contributed by atoms with van der Waals surface area (Å²) in [6.07, 6.45) is 1.06. The number of nitrogens with zero attached hydrogens (tertiary/aromatic N) is 2. The lowest BCUT2D eigenvalue weighted by atomic mass is 10.1. The average Bonchev–Trinajstić information content (AvgIpc) is 2.71. The number of para-hydroxylation sites is 1. The molecule has 0 heterocycles. The van der Waals surface area contributed by atoms with Crippen molar-refractivity contribution in [1.29, 1.82) is 0 Å². The smallest absolute Gasteiger partial charge is 0.244 e. The van der Waals surface area contributed by atoms with Gasteiger partial charge in [0.1, 0.15) is 12.6 Å². The summed E-state index contributed by atoms with van der Waals surface area (Å²) in [5.41, 5.74) is 1.92. The highest BCUT2D eigenvalue weighted by molar-refractivity contribution is 7.92. The van der Waals surface area contributed by atoms with Crippen LogP contribution >= 0.6 is 11.6 Å². The first-order valence-corrected chi connectivity index (χ1v) is 12.1. The Labute approximate surface area is 189 Å². The van der Waals surface area contributed by atoms with Gasteiger partial charge in [0.2, 0.25) is 21.8 Å². The van der Waals surface area contributed by atoms with Crippen LogP contribution in [0.3, 0.4) is 0 Å². The van der Waals surface area contributed by atoms with Gasteiger partial charge in [0, 0.05) is 18.1 Å². The molecule has 0 radical (unpaired) electrons. The zero-order valence-corrected chi connectivity index (χ0v) is 19.7. The van der Waals surface area contributed by atoms with Crippen molar-refractivity contribution >= 4 is 39.1 Å². The van der Waals surface area contributed by atoms with Crippen molar-refractivity contribution < 1.29 is 18.0 Å². The number of likely N-dealkylation sites (N-methyl/N-ethyl adjacent to an activating group) is 1. The van der Waals surface area contributed by atoms with Gasteiger partial charge in [-0.25, -0.2) is 8.42 Å². The van der Waals surface area contributed by atoms with E-state index in [1.54, 1.807) is 69.3 Å². The zero-order chi connectivity index (χ0) is 23.2. The lowest BCUT2D eigenvalue weighted by molar-refractivity contribution is -0.139. The van der Waals surface area contributed by atoms with Gasteiger partial charge >= 0.3 is 0 Å². The highest BCUT2D eigenvalue weighted by Crippen LogP contribution is 2.23. The second-order valence-electron chi connectivity index (χ2n) is 7.27. The van der Waals surface area contributed by atoms with Crippen molar-refractivity contribution in [3.8, 4) is 0 Å². The summed E-state index contributed by atoms with van der Waals surface area (Å²) in [6.45, 7) is 5.34. The van der Waals surface area contributed by atoms with E-state index in [9.17, 15) is 18.0 Å². The molecule has 31 heavy (non-hydrogen) atoms. The van der Waals surface area contributed by atoms with E-state index in [0.717, 1.165) is 21.7 Å². The molecule has 0 unspecified atom stereocenters. The third kappa shape index (κ3) is 6.70. The maximum Gasteiger partial charge on any atom is 0.244 e. The molecule has 0 aromatic heterocycles. The van der Waals surface area contributed by atoms with Gasteiger partial charge in [-0.3, -0.25) is 13.9 Å². The largest absolute Gasteiger partial charge is 0.355 e. The maximum atomic E-state index is 13.3. The van der Waals surface area contributed by atoms with Gasteiger partial charge < -0.3 is 10.2 Å². The Morgan fingerprint density at radius 3 is 2.26 bits per heavy atom. The minimum atomic E-state index is -3.74. The van der Waals surface area contributed by atoms with Gasteiger partial charge in [-0.2, -0.15) is 0 Å². The Morgan fingerprint density at radius 2 is 1.71 bits per heavy atom. The van der Waals surface area contributed by atoms with Crippen LogP contribution < -0.4 is 9.62 Å². The van der Waals surface area contributed by atoms with Gasteiger partial charge in [-0.05, 0) is 50.1 Å². The summed E-state index contributed by atoms with van der Waals surface area (Å²) in [7, 11) is -3.74. The molecule has 0 bridgehead atoms. The van der Waals surface area contributed by atoms with Crippen molar-refractivity contribution in [2.45, 2.75) is 33.4 Å². The monoisotopic (exact) mass is 465 g/mol. The molecule has 2 rings (SSSR count). The van der Waals surface area contributed by atoms with E-state index in [1.807, 2.05) is 0 Å². The van der Waals surface area contributed by atoms with Crippen LogP contribution in [0, 0.1) is 6.92 Å². The summed E-state index contributed by atoms with van der Waals surface area (Å²) in [6, 6.07) is 13.1. The Hall–Kier alpha value is -2.58. The number of benzene rings is 2. The number of hydrogen-bond acceptors (Lipinski definition) is 4. The highest BCUT2D eigenvalue weighted by Gasteiger charge is 2.30. The normalized spacial score (nSPS) is 12.2. The van der Waals surface area contributed by atoms with Crippen LogP contribution in [0.2, 0.25) is 5.02 Å². The van der Waals surface area contributed by atoms with Crippen LogP contribution in [0.25, 0.3) is 0 Å². The Bertz CT molecular complexity index is 1030. The van der Waals surface area contributed by atoms with Crippen LogP contribution in [0.15, 0.2) is 48.5 Å². The summed E-state index contributed by atoms with van der Waals surface area (Å²) in [4.78, 5) is 27.2. The van der Waals surface area contributed by atoms with E-state index < -0.39 is 28.5 Å². The van der Waals surface area contributed by atoms with Crippen molar-refractivity contribution in [3.05, 3.63) is 64.7 Å². The lowest BCUT2D eigenvalue weighted by Gasteiger charge is -2.31. The molecule has 0 aliphatic heterocycles. The molecule has 9 heteroatoms. The number of aryl methyl sites for hydroxylation is 1. The van der Waals surface area contributed by atoms with Crippen LogP contribution in [-0.4, -0.2) is 50.5 Å². The first-order valence-electron chi connectivity index (χ1n) is 9.89. The molecular formula is C22H28ClN3O4S. The molecule has 0 spiro atoms. The molecule has 1 atom stereocenters. The third-order valence-corrected chi connectivity index (χ3v) is 6.23. The summed E-state index contributed by atoms with van der Waals surface area (Å²) in [5.74, 6) is -0.797. The predicted molar refractivity (Wildman–Crippen MR) is 124 cm³/mol. The fourth-order valence-corrected chi connectivity index (χ4v) is 4.16. The van der Waals surface area contributed by atoms with Crippen LogP contribution in [0.4, 0.5) is 5.69 Å². The molecule has 1 N–H and O–H groups in total. The first kappa shape index (κ1) is 24.7. The predicted octanol–water partition coefficient (Wildman–Crippen LogP) is 2.97. The second kappa shape index (κ2) is 10.6. The highest BCUT2D eigenvalue weighted by atomic mass is 35.5. The van der Waals surface area contributed by atoms with Gasteiger partial charge in [-0.1, -0.05) is 41.9 Å². The number of nitrogens with one attached hydrogen (secondary N) is 1. The van der Waals surface area contributed by atoms with E-state index in [4.69, 9.17) is 11.6 Å². The van der Waals surface area contributed by atoms with E-state index in [1.165, 1.54) is 4.90 Å². The quantitative estimate of drug-likeness (QED) is 0.616. The van der Waals surface area contributed by atoms with Crippen LogP contribution in [-0.2, 0) is 26.2 Å². The fraction of sp³-hybridized carbons (Fsp3) is 0.364. The summed E-state index contributed by atoms with van der Waals surface area (Å²) in [5, 5.41) is 3.27. The lowest BCUT2D eigenvalue weighted by Crippen LogP contribution is -2.51. The topological polar surface area (TPSA) is 86.8 Å². The van der Waals surface area contributed by atoms with E-state index in [-0.39, 0.29) is 12.5 Å². The van der Waals surface area contributed by atoms with E-state index in [0.29, 0.717) is 17.3 Å². The molecule has 0 aliphatic carbocycles. The van der Waals surface area contributed by atoms with Crippen molar-refractivity contribution in [2.75, 3.05) is 23.7 Å². The van der Waals surface area contributed by atoms with Crippen LogP contribution in [0.1, 0.15) is 25.0 Å². The molecule has 168 valence electrons. The molecule has 0 fully saturated rings. The Morgan fingerprint density at radius 1 is 1.10 bits per heavy atom. The van der Waals surface area contributed by atoms with Gasteiger partial charge in [0.25, 0.3) is 0 Å². The third-order valence-electron chi connectivity index (χ3n) is 4.85. The SMILES string of the molecule is CCNC(=O)[C@H](C)N(Cc1ccc(Cl)cc1)C(=O)CN(c1ccccc1C)S(C)(=O)=O. The standard InChI is InChI=1S/C22H28ClN3O4S/c1-5-24-22(28)17(3)25(14-18-10-12-19(23)13-11-18)21(27)15-26(31(4,29)30)20-9-7-6-8-16(20)2/h6-13,17H,5,14-15H2,1-4H3,(H,24,28)/t17-/m0/s1. The number of halogens is 1. The minimum Gasteiger partial charge on any atom is -0.355 e. The number of sulfonamides is 1. The minimum absolute atomic E-state index is 0.139. The molecule has 2 aromatic carbocycles. The summed E-state index contributed by atoms with van der Waals surface area (Å²) < 4.78 is 26.1. The molecule has 2 amide bonds. The number of amides is 2. The molecule has 0 saturated heterocycles. The number of anilines is 1. The number of carbonyl (C=O) groups is 2.